The number of hydrogen-bond donors (Lipinski definition) is 0. The first-order valence-corrected chi connectivity index (χ1v) is 7.88. The van der Waals surface area contributed by atoms with Crippen LogP contribution in [-0.4, -0.2) is 9.54 Å². The largest absolute Gasteiger partial charge is 0.607 e. The topological polar surface area (TPSA) is 49.1 Å². The van der Waals surface area contributed by atoms with Crippen LogP contribution in [0, 0.1) is 0 Å². The molecular formula is C14H9Cl2NO2S. The summed E-state index contributed by atoms with van der Waals surface area (Å²) in [7, 11) is 0. The van der Waals surface area contributed by atoms with Crippen molar-refractivity contribution in [3.63, 3.8) is 0 Å². The molecule has 102 valence electrons. The maximum absolute atomic E-state index is 12.2. The van der Waals surface area contributed by atoms with Crippen LogP contribution in [0.15, 0.2) is 52.1 Å². The fourth-order valence-corrected chi connectivity index (χ4v) is 3.06. The standard InChI is InChI=1S/C14H9Cl2NO2S/c15-10-3-1-9(2-4-10)8-20(18)14-17-12-7-11(16)5-6-13(12)19-14/h1-7H,8H2. The van der Waals surface area contributed by atoms with Crippen molar-refractivity contribution in [2.75, 3.05) is 0 Å². The van der Waals surface area contributed by atoms with Gasteiger partial charge in [0.25, 0.3) is 0 Å². The molecule has 0 amide bonds. The van der Waals surface area contributed by atoms with Crippen LogP contribution >= 0.6 is 23.2 Å². The van der Waals surface area contributed by atoms with Crippen molar-refractivity contribution in [1.82, 2.24) is 4.98 Å². The van der Waals surface area contributed by atoms with Gasteiger partial charge in [0.1, 0.15) is 11.3 Å². The number of aromatic nitrogens is 1. The predicted octanol–water partition coefficient (Wildman–Crippen LogP) is 4.44. The van der Waals surface area contributed by atoms with Crippen molar-refractivity contribution in [1.29, 1.82) is 0 Å². The number of nitrogens with zero attached hydrogens (tertiary/aromatic N) is 1. The molecule has 0 spiro atoms. The highest BCUT2D eigenvalue weighted by molar-refractivity contribution is 7.90. The molecule has 0 aliphatic rings. The van der Waals surface area contributed by atoms with Gasteiger partial charge in [0, 0.05) is 15.6 Å². The van der Waals surface area contributed by atoms with Gasteiger partial charge >= 0.3 is 5.22 Å². The smallest absolute Gasteiger partial charge is 0.416 e. The van der Waals surface area contributed by atoms with Crippen molar-refractivity contribution < 1.29 is 8.97 Å². The molecule has 20 heavy (non-hydrogen) atoms. The minimum atomic E-state index is -1.34. The van der Waals surface area contributed by atoms with Gasteiger partial charge in [-0.3, -0.25) is 0 Å². The Kier molecular flexibility index (Phi) is 3.89. The molecule has 3 nitrogen and oxygen atoms in total. The molecule has 0 saturated heterocycles. The predicted molar refractivity (Wildman–Crippen MR) is 80.6 cm³/mol. The third kappa shape index (κ3) is 2.94. The van der Waals surface area contributed by atoms with Crippen molar-refractivity contribution in [3.05, 3.63) is 58.1 Å². The van der Waals surface area contributed by atoms with Crippen LogP contribution < -0.4 is 0 Å². The summed E-state index contributed by atoms with van der Waals surface area (Å²) in [5.41, 5.74) is 2.10. The summed E-state index contributed by atoms with van der Waals surface area (Å²) >= 11 is 10.4. The Morgan fingerprint density at radius 3 is 2.50 bits per heavy atom. The molecule has 1 heterocycles. The van der Waals surface area contributed by atoms with Crippen molar-refractivity contribution in [3.8, 4) is 0 Å². The SMILES string of the molecule is [O-][S+](Cc1ccc(Cl)cc1)c1nc2cc(Cl)ccc2o1. The minimum absolute atomic E-state index is 0.206. The number of fused-ring (bicyclic) bond motifs is 1. The average molecular weight is 326 g/mol. The summed E-state index contributed by atoms with van der Waals surface area (Å²) in [5, 5.41) is 1.43. The molecule has 0 bridgehead atoms. The number of hydrogen-bond acceptors (Lipinski definition) is 3. The molecule has 0 fully saturated rings. The third-order valence-electron chi connectivity index (χ3n) is 2.74. The van der Waals surface area contributed by atoms with Gasteiger partial charge < -0.3 is 8.97 Å². The summed E-state index contributed by atoms with van der Waals surface area (Å²) in [4.78, 5) is 4.21. The second-order valence-electron chi connectivity index (χ2n) is 4.21. The number of halogens is 2. The molecule has 0 N–H and O–H groups in total. The number of oxazole rings is 1. The molecule has 1 aromatic heterocycles. The summed E-state index contributed by atoms with van der Waals surface area (Å²) in [5.74, 6) is 0.331. The lowest BCUT2D eigenvalue weighted by Gasteiger charge is -2.05. The molecule has 0 aliphatic heterocycles. The summed E-state index contributed by atoms with van der Waals surface area (Å²) in [6.07, 6.45) is 0. The molecular weight excluding hydrogens is 317 g/mol. The Morgan fingerprint density at radius 2 is 1.75 bits per heavy atom. The lowest BCUT2D eigenvalue weighted by atomic mass is 10.2. The Bertz CT molecular complexity index is 743. The lowest BCUT2D eigenvalue weighted by Crippen LogP contribution is -2.05. The molecule has 1 atom stereocenters. The zero-order valence-electron chi connectivity index (χ0n) is 10.2. The van der Waals surface area contributed by atoms with Crippen LogP contribution in [0.5, 0.6) is 0 Å². The maximum atomic E-state index is 12.2. The molecule has 0 saturated carbocycles. The van der Waals surface area contributed by atoms with E-state index in [1.165, 1.54) is 0 Å². The molecule has 0 radical (unpaired) electrons. The number of benzene rings is 2. The van der Waals surface area contributed by atoms with Gasteiger partial charge in [-0.05, 0) is 30.3 Å². The summed E-state index contributed by atoms with van der Waals surface area (Å²) in [6, 6.07) is 12.3. The Hall–Kier alpha value is -1.20. The van der Waals surface area contributed by atoms with E-state index in [9.17, 15) is 4.55 Å². The lowest BCUT2D eigenvalue weighted by molar-refractivity contribution is 0.458. The first kappa shape index (κ1) is 13.8. The highest BCUT2D eigenvalue weighted by atomic mass is 35.5. The maximum Gasteiger partial charge on any atom is 0.416 e. The van der Waals surface area contributed by atoms with Crippen LogP contribution in [0.4, 0.5) is 0 Å². The normalized spacial score (nSPS) is 12.8. The van der Waals surface area contributed by atoms with Crippen LogP contribution in [-0.2, 0) is 16.9 Å². The minimum Gasteiger partial charge on any atom is -0.607 e. The van der Waals surface area contributed by atoms with Crippen molar-refractivity contribution in [2.24, 2.45) is 0 Å². The van der Waals surface area contributed by atoms with E-state index >= 15 is 0 Å². The van der Waals surface area contributed by atoms with Gasteiger partial charge in [0.2, 0.25) is 0 Å². The second kappa shape index (κ2) is 5.66. The molecule has 1 unspecified atom stereocenters. The van der Waals surface area contributed by atoms with E-state index in [0.29, 0.717) is 26.9 Å². The Balaban J connectivity index is 1.84. The van der Waals surface area contributed by atoms with Gasteiger partial charge in [-0.1, -0.05) is 35.3 Å². The highest BCUT2D eigenvalue weighted by Crippen LogP contribution is 2.24. The number of rotatable bonds is 3. The third-order valence-corrected chi connectivity index (χ3v) is 4.38. The van der Waals surface area contributed by atoms with Gasteiger partial charge in [0.15, 0.2) is 5.58 Å². The van der Waals surface area contributed by atoms with E-state index in [1.54, 1.807) is 30.3 Å². The Labute approximate surface area is 128 Å². The fraction of sp³-hybridized carbons (Fsp3) is 0.0714. The van der Waals surface area contributed by atoms with E-state index < -0.39 is 11.2 Å². The average Bonchev–Trinajstić information content (AvgIpc) is 2.84. The van der Waals surface area contributed by atoms with E-state index in [-0.39, 0.29) is 5.22 Å². The summed E-state index contributed by atoms with van der Waals surface area (Å²) < 4.78 is 17.7. The van der Waals surface area contributed by atoms with Gasteiger partial charge in [-0.2, -0.15) is 4.98 Å². The molecule has 3 aromatic rings. The zero-order chi connectivity index (χ0) is 14.1. The molecule has 2 aromatic carbocycles. The van der Waals surface area contributed by atoms with Gasteiger partial charge in [-0.15, -0.1) is 0 Å². The van der Waals surface area contributed by atoms with E-state index in [4.69, 9.17) is 27.6 Å². The van der Waals surface area contributed by atoms with Gasteiger partial charge in [-0.25, -0.2) is 0 Å². The van der Waals surface area contributed by atoms with E-state index in [2.05, 4.69) is 4.98 Å². The van der Waals surface area contributed by atoms with Crippen LogP contribution in [0.1, 0.15) is 5.56 Å². The zero-order valence-corrected chi connectivity index (χ0v) is 12.5. The molecule has 3 rings (SSSR count). The van der Waals surface area contributed by atoms with E-state index in [0.717, 1.165) is 5.56 Å². The first-order valence-electron chi connectivity index (χ1n) is 5.81. The summed E-state index contributed by atoms with van der Waals surface area (Å²) in [6.45, 7) is 0. The quantitative estimate of drug-likeness (QED) is 0.669. The second-order valence-corrected chi connectivity index (χ2v) is 6.41. The highest BCUT2D eigenvalue weighted by Gasteiger charge is 2.20. The fourth-order valence-electron chi connectivity index (χ4n) is 1.77. The monoisotopic (exact) mass is 325 g/mol. The first-order chi connectivity index (χ1) is 9.61. The van der Waals surface area contributed by atoms with Crippen LogP contribution in [0.25, 0.3) is 11.1 Å². The van der Waals surface area contributed by atoms with Gasteiger partial charge in [0.05, 0.1) is 11.2 Å². The molecule has 0 aliphatic carbocycles. The Morgan fingerprint density at radius 1 is 1.05 bits per heavy atom. The van der Waals surface area contributed by atoms with Crippen LogP contribution in [0.2, 0.25) is 10.0 Å². The van der Waals surface area contributed by atoms with Crippen molar-refractivity contribution >= 4 is 45.5 Å². The van der Waals surface area contributed by atoms with Crippen LogP contribution in [0.3, 0.4) is 0 Å². The van der Waals surface area contributed by atoms with Crippen molar-refractivity contribution in [2.45, 2.75) is 11.0 Å². The molecule has 6 heteroatoms. The van der Waals surface area contributed by atoms with E-state index in [1.807, 2.05) is 12.1 Å².